The molecule has 1 heteroatoms. The first-order valence-electron chi connectivity index (χ1n) is 6.88. The maximum Gasteiger partial charge on any atom is 0.170 e. The molecule has 0 N–H and O–H groups in total. The van der Waals surface area contributed by atoms with Crippen LogP contribution in [0.25, 0.3) is 0 Å². The number of benzene rings is 3. The third-order valence-electron chi connectivity index (χ3n) is 3.74. The van der Waals surface area contributed by atoms with Gasteiger partial charge < -0.3 is 0 Å². The molecule has 0 atom stereocenters. The summed E-state index contributed by atoms with van der Waals surface area (Å²) in [6, 6.07) is 28.6. The molecule has 1 aliphatic heterocycles. The first kappa shape index (κ1) is 11.8. The van der Waals surface area contributed by atoms with Crippen LogP contribution in [0.3, 0.4) is 0 Å². The zero-order chi connectivity index (χ0) is 13.4. The predicted molar refractivity (Wildman–Crippen MR) is 84.3 cm³/mol. The van der Waals surface area contributed by atoms with Crippen molar-refractivity contribution in [1.82, 2.24) is 0 Å². The van der Waals surface area contributed by atoms with E-state index in [-0.39, 0.29) is 10.9 Å². The van der Waals surface area contributed by atoms with Gasteiger partial charge in [-0.05, 0) is 24.3 Å². The average Bonchev–Trinajstić information content (AvgIpc) is 2.53. The zero-order valence-electron chi connectivity index (χ0n) is 11.1. The van der Waals surface area contributed by atoms with Gasteiger partial charge in [0, 0.05) is 17.5 Å². The molecule has 0 radical (unpaired) electrons. The van der Waals surface area contributed by atoms with Gasteiger partial charge in [0.25, 0.3) is 0 Å². The molecular weight excluding hydrogens is 260 g/mol. The standard InChI is InChI=1S/C19H15S/c1-2-10-17(11-3-1)20-18-12-6-4-8-15(18)14-16-9-5-7-13-19(16)20/h1-13H,14H2/q+1. The summed E-state index contributed by atoms with van der Waals surface area (Å²) in [6.45, 7) is 0. The van der Waals surface area contributed by atoms with Crippen molar-refractivity contribution in [3.63, 3.8) is 0 Å². The Labute approximate surface area is 122 Å². The Kier molecular flexibility index (Phi) is 2.86. The minimum Gasteiger partial charge on any atom is -0.0619 e. The molecule has 0 saturated heterocycles. The summed E-state index contributed by atoms with van der Waals surface area (Å²) in [4.78, 5) is 4.38. The monoisotopic (exact) mass is 275 g/mol. The maximum absolute atomic E-state index is 2.29. The van der Waals surface area contributed by atoms with Crippen molar-refractivity contribution in [2.45, 2.75) is 21.1 Å². The fourth-order valence-electron chi connectivity index (χ4n) is 2.83. The average molecular weight is 275 g/mol. The molecule has 0 unspecified atom stereocenters. The Morgan fingerprint density at radius 2 is 1.05 bits per heavy atom. The van der Waals surface area contributed by atoms with E-state index in [2.05, 4.69) is 78.9 Å². The second-order valence-corrected chi connectivity index (χ2v) is 6.97. The highest BCUT2D eigenvalue weighted by atomic mass is 32.2. The molecule has 0 saturated carbocycles. The van der Waals surface area contributed by atoms with E-state index in [1.54, 1.807) is 0 Å². The number of rotatable bonds is 1. The zero-order valence-corrected chi connectivity index (χ0v) is 11.9. The van der Waals surface area contributed by atoms with Crippen LogP contribution in [0.2, 0.25) is 0 Å². The summed E-state index contributed by atoms with van der Waals surface area (Å²) in [7, 11) is 0.0421. The van der Waals surface area contributed by atoms with Crippen LogP contribution in [0.4, 0.5) is 0 Å². The molecule has 20 heavy (non-hydrogen) atoms. The van der Waals surface area contributed by atoms with Gasteiger partial charge in [0.05, 0.1) is 10.9 Å². The third kappa shape index (κ3) is 1.86. The highest BCUT2D eigenvalue weighted by Crippen LogP contribution is 2.39. The molecule has 1 aliphatic rings. The quantitative estimate of drug-likeness (QED) is 0.442. The van der Waals surface area contributed by atoms with Gasteiger partial charge in [-0.2, -0.15) is 0 Å². The summed E-state index contributed by atoms with van der Waals surface area (Å²) in [6.07, 6.45) is 1.06. The minimum atomic E-state index is 0.0421. The van der Waals surface area contributed by atoms with Crippen molar-refractivity contribution in [3.05, 3.63) is 90.0 Å². The number of fused-ring (bicyclic) bond motifs is 2. The lowest BCUT2D eigenvalue weighted by molar-refractivity contribution is 1.04. The van der Waals surface area contributed by atoms with Gasteiger partial charge in [-0.1, -0.05) is 54.6 Å². The summed E-state index contributed by atoms with van der Waals surface area (Å²) in [5, 5.41) is 0. The van der Waals surface area contributed by atoms with Crippen LogP contribution >= 0.6 is 0 Å². The molecular formula is C19H15S+. The Balaban J connectivity index is 1.98. The van der Waals surface area contributed by atoms with Crippen molar-refractivity contribution in [3.8, 4) is 0 Å². The van der Waals surface area contributed by atoms with Gasteiger partial charge >= 0.3 is 0 Å². The van der Waals surface area contributed by atoms with E-state index < -0.39 is 0 Å². The van der Waals surface area contributed by atoms with E-state index in [0.717, 1.165) is 6.42 Å². The molecule has 1 heterocycles. The molecule has 0 spiro atoms. The maximum atomic E-state index is 2.29. The van der Waals surface area contributed by atoms with Crippen molar-refractivity contribution < 1.29 is 0 Å². The largest absolute Gasteiger partial charge is 0.170 e. The van der Waals surface area contributed by atoms with Crippen LogP contribution in [0.5, 0.6) is 0 Å². The predicted octanol–water partition coefficient (Wildman–Crippen LogP) is 4.69. The van der Waals surface area contributed by atoms with Crippen molar-refractivity contribution in [2.24, 2.45) is 0 Å². The van der Waals surface area contributed by atoms with E-state index in [4.69, 9.17) is 0 Å². The van der Waals surface area contributed by atoms with Crippen molar-refractivity contribution in [1.29, 1.82) is 0 Å². The smallest absolute Gasteiger partial charge is 0.0619 e. The van der Waals surface area contributed by atoms with Gasteiger partial charge in [0.2, 0.25) is 0 Å². The van der Waals surface area contributed by atoms with Gasteiger partial charge in [0.15, 0.2) is 14.7 Å². The molecule has 0 fully saturated rings. The van der Waals surface area contributed by atoms with Gasteiger partial charge in [-0.3, -0.25) is 0 Å². The van der Waals surface area contributed by atoms with Crippen LogP contribution in [0.15, 0.2) is 93.5 Å². The Hall–Kier alpha value is -1.99. The second kappa shape index (κ2) is 4.84. The molecule has 0 aromatic heterocycles. The van der Waals surface area contributed by atoms with Gasteiger partial charge in [0.1, 0.15) is 0 Å². The lowest BCUT2D eigenvalue weighted by Gasteiger charge is -2.19. The molecule has 0 aliphatic carbocycles. The van der Waals surface area contributed by atoms with Crippen LogP contribution in [-0.4, -0.2) is 0 Å². The van der Waals surface area contributed by atoms with E-state index >= 15 is 0 Å². The van der Waals surface area contributed by atoms with Crippen LogP contribution < -0.4 is 0 Å². The molecule has 3 aromatic carbocycles. The molecule has 0 nitrogen and oxygen atoms in total. The highest BCUT2D eigenvalue weighted by Gasteiger charge is 2.36. The lowest BCUT2D eigenvalue weighted by Crippen LogP contribution is -2.15. The summed E-state index contributed by atoms with van der Waals surface area (Å²) < 4.78 is 0. The fourth-order valence-corrected chi connectivity index (χ4v) is 5.24. The van der Waals surface area contributed by atoms with E-state index in [1.165, 1.54) is 25.8 Å². The fraction of sp³-hybridized carbons (Fsp3) is 0.0526. The van der Waals surface area contributed by atoms with Crippen LogP contribution in [-0.2, 0) is 17.3 Å². The van der Waals surface area contributed by atoms with Crippen molar-refractivity contribution in [2.75, 3.05) is 0 Å². The van der Waals surface area contributed by atoms with E-state index in [9.17, 15) is 0 Å². The Bertz CT molecular complexity index is 701. The van der Waals surface area contributed by atoms with Crippen molar-refractivity contribution >= 4 is 10.9 Å². The normalized spacial score (nSPS) is 13.6. The lowest BCUT2D eigenvalue weighted by atomic mass is 10.0. The molecule has 4 rings (SSSR count). The summed E-state index contributed by atoms with van der Waals surface area (Å²) in [5.41, 5.74) is 2.94. The molecule has 3 aromatic rings. The third-order valence-corrected chi connectivity index (χ3v) is 6.16. The first-order chi connectivity index (χ1) is 9.93. The first-order valence-corrected chi connectivity index (χ1v) is 8.11. The molecule has 0 bridgehead atoms. The van der Waals surface area contributed by atoms with Gasteiger partial charge in [-0.15, -0.1) is 0 Å². The minimum absolute atomic E-state index is 0.0421. The molecule has 0 amide bonds. The summed E-state index contributed by atoms with van der Waals surface area (Å²) in [5.74, 6) is 0. The topological polar surface area (TPSA) is 0 Å². The number of hydrogen-bond donors (Lipinski definition) is 0. The highest BCUT2D eigenvalue weighted by molar-refractivity contribution is 7.97. The summed E-state index contributed by atoms with van der Waals surface area (Å²) >= 11 is 0. The molecule has 96 valence electrons. The Morgan fingerprint density at radius 3 is 1.65 bits per heavy atom. The van der Waals surface area contributed by atoms with Crippen LogP contribution in [0, 0.1) is 0 Å². The van der Waals surface area contributed by atoms with E-state index in [1.807, 2.05) is 0 Å². The Morgan fingerprint density at radius 1 is 0.550 bits per heavy atom. The SMILES string of the molecule is c1ccc([S+]2c3ccccc3Cc3ccccc32)cc1. The van der Waals surface area contributed by atoms with E-state index in [0.29, 0.717) is 0 Å². The second-order valence-electron chi connectivity index (χ2n) is 5.01. The van der Waals surface area contributed by atoms with Gasteiger partial charge in [-0.25, -0.2) is 0 Å². The number of hydrogen-bond acceptors (Lipinski definition) is 0. The van der Waals surface area contributed by atoms with Crippen LogP contribution in [0.1, 0.15) is 11.1 Å².